The van der Waals surface area contributed by atoms with Crippen LogP contribution in [0.4, 0.5) is 0 Å². The van der Waals surface area contributed by atoms with Crippen molar-refractivity contribution in [1.82, 2.24) is 10.6 Å². The summed E-state index contributed by atoms with van der Waals surface area (Å²) in [4.78, 5) is 12.1. The molecule has 0 saturated carbocycles. The van der Waals surface area contributed by atoms with Gasteiger partial charge in [-0.2, -0.15) is 0 Å². The molecule has 2 aromatic rings. The zero-order valence-electron chi connectivity index (χ0n) is 11.3. The molecular weight excluding hydrogens is 332 g/mol. The maximum absolute atomic E-state index is 12.1. The van der Waals surface area contributed by atoms with E-state index >= 15 is 0 Å². The molecule has 3 N–H and O–H groups in total. The SMILES string of the molecule is O=C(NCc1ccc2c(c1)CNC2)c1ccc(Br)c(O)c1. The van der Waals surface area contributed by atoms with Crippen molar-refractivity contribution in [2.45, 2.75) is 19.6 Å². The van der Waals surface area contributed by atoms with Crippen molar-refractivity contribution >= 4 is 21.8 Å². The summed E-state index contributed by atoms with van der Waals surface area (Å²) in [5.41, 5.74) is 4.14. The number of hydrogen-bond acceptors (Lipinski definition) is 3. The molecule has 4 nitrogen and oxygen atoms in total. The lowest BCUT2D eigenvalue weighted by molar-refractivity contribution is 0.0950. The smallest absolute Gasteiger partial charge is 0.251 e. The normalized spacial score (nSPS) is 13.0. The molecule has 108 valence electrons. The van der Waals surface area contributed by atoms with Gasteiger partial charge in [0.05, 0.1) is 4.47 Å². The number of carbonyl (C=O) groups is 1. The number of amides is 1. The van der Waals surface area contributed by atoms with Crippen LogP contribution in [0.3, 0.4) is 0 Å². The summed E-state index contributed by atoms with van der Waals surface area (Å²) in [5.74, 6) is -0.136. The first-order chi connectivity index (χ1) is 10.1. The quantitative estimate of drug-likeness (QED) is 0.800. The van der Waals surface area contributed by atoms with Crippen molar-refractivity contribution in [2.24, 2.45) is 0 Å². The fourth-order valence-corrected chi connectivity index (χ4v) is 2.64. The number of nitrogens with one attached hydrogen (secondary N) is 2. The summed E-state index contributed by atoms with van der Waals surface area (Å²) in [6.45, 7) is 2.28. The molecule has 2 aromatic carbocycles. The topological polar surface area (TPSA) is 61.4 Å². The molecule has 0 aliphatic carbocycles. The van der Waals surface area contributed by atoms with Crippen molar-refractivity contribution < 1.29 is 9.90 Å². The predicted molar refractivity (Wildman–Crippen MR) is 84.0 cm³/mol. The van der Waals surface area contributed by atoms with E-state index in [0.29, 0.717) is 16.6 Å². The van der Waals surface area contributed by atoms with E-state index in [9.17, 15) is 9.90 Å². The van der Waals surface area contributed by atoms with Crippen LogP contribution in [0, 0.1) is 0 Å². The minimum Gasteiger partial charge on any atom is -0.507 e. The number of phenols is 1. The van der Waals surface area contributed by atoms with Crippen molar-refractivity contribution in [1.29, 1.82) is 0 Å². The first kappa shape index (κ1) is 14.1. The van der Waals surface area contributed by atoms with E-state index in [-0.39, 0.29) is 11.7 Å². The Balaban J connectivity index is 1.67. The highest BCUT2D eigenvalue weighted by Crippen LogP contribution is 2.24. The Morgan fingerprint density at radius 3 is 2.81 bits per heavy atom. The van der Waals surface area contributed by atoms with E-state index in [1.54, 1.807) is 12.1 Å². The van der Waals surface area contributed by atoms with Gasteiger partial charge in [-0.1, -0.05) is 18.2 Å². The highest BCUT2D eigenvalue weighted by molar-refractivity contribution is 9.10. The van der Waals surface area contributed by atoms with Crippen LogP contribution in [0.25, 0.3) is 0 Å². The van der Waals surface area contributed by atoms with Crippen LogP contribution in [0.2, 0.25) is 0 Å². The van der Waals surface area contributed by atoms with Gasteiger partial charge in [0.2, 0.25) is 0 Å². The molecule has 1 amide bonds. The molecule has 0 atom stereocenters. The van der Waals surface area contributed by atoms with Gasteiger partial charge in [-0.05, 0) is 50.8 Å². The van der Waals surface area contributed by atoms with Crippen LogP contribution in [0.5, 0.6) is 5.75 Å². The third-order valence-corrected chi connectivity index (χ3v) is 4.23. The number of carbonyl (C=O) groups excluding carboxylic acids is 1. The van der Waals surface area contributed by atoms with Gasteiger partial charge in [0.1, 0.15) is 5.75 Å². The molecule has 0 bridgehead atoms. The van der Waals surface area contributed by atoms with Crippen LogP contribution >= 0.6 is 15.9 Å². The number of rotatable bonds is 3. The number of phenolic OH excluding ortho intramolecular Hbond substituents is 1. The largest absolute Gasteiger partial charge is 0.507 e. The highest BCUT2D eigenvalue weighted by atomic mass is 79.9. The molecule has 0 fully saturated rings. The summed E-state index contributed by atoms with van der Waals surface area (Å²) in [5, 5.41) is 15.8. The maximum Gasteiger partial charge on any atom is 0.251 e. The number of hydrogen-bond donors (Lipinski definition) is 3. The summed E-state index contributed by atoms with van der Waals surface area (Å²) >= 11 is 3.20. The third kappa shape index (κ3) is 3.09. The Hall–Kier alpha value is -1.85. The number of fused-ring (bicyclic) bond motifs is 1. The van der Waals surface area contributed by atoms with Gasteiger partial charge in [0.25, 0.3) is 5.91 Å². The van der Waals surface area contributed by atoms with Crippen LogP contribution in [-0.2, 0) is 19.6 Å². The van der Waals surface area contributed by atoms with Crippen molar-refractivity contribution in [3.63, 3.8) is 0 Å². The fraction of sp³-hybridized carbons (Fsp3) is 0.188. The molecule has 0 spiro atoms. The lowest BCUT2D eigenvalue weighted by atomic mass is 10.1. The summed E-state index contributed by atoms with van der Waals surface area (Å²) in [6, 6.07) is 11.0. The Kier molecular flexibility index (Phi) is 3.94. The van der Waals surface area contributed by atoms with Gasteiger partial charge in [0.15, 0.2) is 0 Å². The van der Waals surface area contributed by atoms with Gasteiger partial charge in [-0.3, -0.25) is 4.79 Å². The van der Waals surface area contributed by atoms with Gasteiger partial charge in [0, 0.05) is 25.2 Å². The fourth-order valence-electron chi connectivity index (χ4n) is 2.40. The predicted octanol–water partition coefficient (Wildman–Crippen LogP) is 2.69. The monoisotopic (exact) mass is 346 g/mol. The molecule has 3 rings (SSSR count). The lowest BCUT2D eigenvalue weighted by Crippen LogP contribution is -2.22. The van der Waals surface area contributed by atoms with Crippen LogP contribution in [-0.4, -0.2) is 11.0 Å². The second kappa shape index (κ2) is 5.87. The second-order valence-electron chi connectivity index (χ2n) is 5.06. The van der Waals surface area contributed by atoms with E-state index in [1.807, 2.05) is 6.07 Å². The first-order valence-electron chi connectivity index (χ1n) is 6.71. The number of benzene rings is 2. The van der Waals surface area contributed by atoms with E-state index in [2.05, 4.69) is 38.7 Å². The molecule has 1 aliphatic rings. The van der Waals surface area contributed by atoms with Gasteiger partial charge in [-0.15, -0.1) is 0 Å². The molecule has 0 unspecified atom stereocenters. The molecular formula is C16H15BrN2O2. The van der Waals surface area contributed by atoms with Crippen LogP contribution < -0.4 is 10.6 Å². The van der Waals surface area contributed by atoms with E-state index in [1.165, 1.54) is 17.2 Å². The molecule has 0 aromatic heterocycles. The second-order valence-corrected chi connectivity index (χ2v) is 5.91. The van der Waals surface area contributed by atoms with Crippen molar-refractivity contribution in [3.05, 3.63) is 63.1 Å². The minimum absolute atomic E-state index is 0.0613. The van der Waals surface area contributed by atoms with Gasteiger partial charge in [-0.25, -0.2) is 0 Å². The van der Waals surface area contributed by atoms with Crippen LogP contribution in [0.15, 0.2) is 40.9 Å². The molecule has 5 heteroatoms. The summed E-state index contributed by atoms with van der Waals surface area (Å²) in [7, 11) is 0. The summed E-state index contributed by atoms with van der Waals surface area (Å²) in [6.07, 6.45) is 0. The van der Waals surface area contributed by atoms with Crippen molar-refractivity contribution in [3.8, 4) is 5.75 Å². The van der Waals surface area contributed by atoms with Gasteiger partial charge >= 0.3 is 0 Å². The average Bonchev–Trinajstić information content (AvgIpc) is 2.95. The lowest BCUT2D eigenvalue weighted by Gasteiger charge is -2.08. The zero-order chi connectivity index (χ0) is 14.8. The zero-order valence-corrected chi connectivity index (χ0v) is 12.9. The van der Waals surface area contributed by atoms with Crippen LogP contribution in [0.1, 0.15) is 27.0 Å². The third-order valence-electron chi connectivity index (χ3n) is 3.56. The Morgan fingerprint density at radius 1 is 1.19 bits per heavy atom. The molecule has 1 heterocycles. The Bertz CT molecular complexity index is 701. The first-order valence-corrected chi connectivity index (χ1v) is 7.51. The molecule has 0 saturated heterocycles. The maximum atomic E-state index is 12.1. The van der Waals surface area contributed by atoms with Crippen molar-refractivity contribution in [2.75, 3.05) is 0 Å². The van der Waals surface area contributed by atoms with E-state index in [0.717, 1.165) is 18.7 Å². The highest BCUT2D eigenvalue weighted by Gasteiger charge is 2.11. The standard InChI is InChI=1S/C16H15BrN2O2/c17-14-4-3-11(6-15(14)20)16(21)19-7-10-1-2-12-8-18-9-13(12)5-10/h1-6,18,20H,7-9H2,(H,19,21). The molecule has 21 heavy (non-hydrogen) atoms. The molecule has 0 radical (unpaired) electrons. The van der Waals surface area contributed by atoms with E-state index < -0.39 is 0 Å². The minimum atomic E-state index is -0.198. The summed E-state index contributed by atoms with van der Waals surface area (Å²) < 4.78 is 0.574. The molecule has 1 aliphatic heterocycles. The Morgan fingerprint density at radius 2 is 2.00 bits per heavy atom. The Labute approximate surface area is 131 Å². The average molecular weight is 347 g/mol. The van der Waals surface area contributed by atoms with Gasteiger partial charge < -0.3 is 15.7 Å². The number of halogens is 1. The number of aromatic hydroxyl groups is 1. The van der Waals surface area contributed by atoms with E-state index in [4.69, 9.17) is 0 Å².